The number of aromatic nitrogens is 8. The molecule has 0 bridgehead atoms. The van der Waals surface area contributed by atoms with Crippen molar-refractivity contribution in [3.63, 3.8) is 0 Å². The fourth-order valence-electron chi connectivity index (χ4n) is 16.7. The van der Waals surface area contributed by atoms with Gasteiger partial charge in [0.1, 0.15) is 0 Å². The second-order valence-corrected chi connectivity index (χ2v) is 28.6. The Labute approximate surface area is 646 Å². The van der Waals surface area contributed by atoms with E-state index in [4.69, 9.17) is 19.9 Å². The van der Waals surface area contributed by atoms with E-state index < -0.39 is 0 Å². The van der Waals surface area contributed by atoms with Crippen molar-refractivity contribution in [2.75, 3.05) is 0 Å². The number of nitrogens with zero attached hydrogens (tertiary/aromatic N) is 8. The first-order valence-electron chi connectivity index (χ1n) is 38.0. The van der Waals surface area contributed by atoms with Crippen molar-refractivity contribution in [3.05, 3.63) is 413 Å². The first-order valence-corrected chi connectivity index (χ1v) is 38.0. The van der Waals surface area contributed by atoms with Crippen LogP contribution >= 0.6 is 0 Å². The first-order chi connectivity index (χ1) is 55.5. The van der Waals surface area contributed by atoms with Gasteiger partial charge in [0.15, 0.2) is 0 Å². The molecule has 0 amide bonds. The Bertz CT molecular complexity index is 7310. The van der Waals surface area contributed by atoms with Crippen molar-refractivity contribution in [1.29, 1.82) is 0 Å². The summed E-state index contributed by atoms with van der Waals surface area (Å²) in [6.45, 7) is 0. The Kier molecular flexibility index (Phi) is 16.1. The third-order valence-electron chi connectivity index (χ3n) is 22.1. The van der Waals surface area contributed by atoms with E-state index >= 15 is 0 Å². The van der Waals surface area contributed by atoms with Gasteiger partial charge < -0.3 is 9.13 Å². The van der Waals surface area contributed by atoms with Gasteiger partial charge in [0.05, 0.1) is 44.1 Å². The van der Waals surface area contributed by atoms with E-state index in [2.05, 4.69) is 400 Å². The van der Waals surface area contributed by atoms with Crippen LogP contribution in [0.25, 0.3) is 200 Å². The molecule has 22 rings (SSSR count). The summed E-state index contributed by atoms with van der Waals surface area (Å²) in [7, 11) is 0. The molecule has 0 unspecified atom stereocenters. The van der Waals surface area contributed by atoms with Gasteiger partial charge in [0.25, 0.3) is 0 Å². The molecule has 6 heterocycles. The van der Waals surface area contributed by atoms with Crippen LogP contribution in [-0.4, -0.2) is 38.2 Å². The summed E-state index contributed by atoms with van der Waals surface area (Å²) in [6.07, 6.45) is 7.78. The first kappa shape index (κ1) is 65.2. The average molecular weight is 1430 g/mol. The Morgan fingerprint density at radius 2 is 0.411 bits per heavy atom. The highest BCUT2D eigenvalue weighted by molar-refractivity contribution is 6.14. The largest absolute Gasteiger partial charge is 0.309 e. The maximum absolute atomic E-state index is 5.01. The molecule has 0 N–H and O–H groups in total. The normalized spacial score (nSPS) is 11.6. The summed E-state index contributed by atoms with van der Waals surface area (Å²) in [5.41, 5.74) is 29.7. The zero-order chi connectivity index (χ0) is 74.0. The van der Waals surface area contributed by atoms with Gasteiger partial charge in [-0.1, -0.05) is 297 Å². The number of fused-ring (bicyclic) bond motifs is 12. The number of hydrogen-bond donors (Lipinski definition) is 0. The molecule has 0 radical (unpaired) electrons. The molecule has 0 saturated carbocycles. The molecule has 8 heteroatoms. The van der Waals surface area contributed by atoms with E-state index in [0.717, 1.165) is 72.4 Å². The van der Waals surface area contributed by atoms with Gasteiger partial charge in [-0.15, -0.1) is 0 Å². The number of benzene rings is 16. The fraction of sp³-hybridized carbons (Fsp3) is 0. The summed E-state index contributed by atoms with van der Waals surface area (Å²) >= 11 is 0. The van der Waals surface area contributed by atoms with Crippen LogP contribution in [0.4, 0.5) is 0 Å². The summed E-state index contributed by atoms with van der Waals surface area (Å²) in [5, 5.41) is 9.67. The molecule has 16 aromatic carbocycles. The van der Waals surface area contributed by atoms with Crippen molar-refractivity contribution in [1.82, 2.24) is 38.2 Å². The van der Waals surface area contributed by atoms with Crippen LogP contribution in [0.15, 0.2) is 413 Å². The lowest BCUT2D eigenvalue weighted by Crippen LogP contribution is -2.01. The molecule has 0 saturated heterocycles. The summed E-state index contributed by atoms with van der Waals surface area (Å²) in [5.74, 6) is 1.29. The zero-order valence-corrected chi connectivity index (χ0v) is 60.8. The topological polar surface area (TPSA) is 71.3 Å². The van der Waals surface area contributed by atoms with Crippen molar-refractivity contribution >= 4 is 87.2 Å². The molecule has 6 aromatic heterocycles. The van der Waals surface area contributed by atoms with Crippen molar-refractivity contribution in [2.45, 2.75) is 0 Å². The van der Waals surface area contributed by atoms with Gasteiger partial charge in [0.2, 0.25) is 11.9 Å². The third kappa shape index (κ3) is 11.5. The standard InChI is InChI=1S/2C52H34N4/c1-3-12-35(13-4-1)38-14-11-15-39(30-38)36-22-24-37(25-23-36)42-33-53-52(54-34-42)56-49-21-10-8-19-45(49)47-31-40(27-29-50(47)56)41-26-28-46-44-18-7-9-20-48(44)55(51(46)32-41)43-16-5-2-6-17-43;1-3-13-35(14-4-1)36-23-25-37(26-24-36)42-17-7-8-18-43(42)40-33-53-52(54-34-40)56-49-22-12-10-20-45(49)47-31-38(28-30-50(47)56)39-27-29-46-44-19-9-11-21-48(44)55(51(46)32-39)41-15-5-2-6-16-41/h2*1-34H. The molecule has 112 heavy (non-hydrogen) atoms. The number of para-hydroxylation sites is 6. The van der Waals surface area contributed by atoms with Crippen LogP contribution in [0.2, 0.25) is 0 Å². The van der Waals surface area contributed by atoms with Crippen molar-refractivity contribution in [2.24, 2.45) is 0 Å². The second kappa shape index (κ2) is 27.6. The minimum Gasteiger partial charge on any atom is -0.309 e. The monoisotopic (exact) mass is 1430 g/mol. The van der Waals surface area contributed by atoms with E-state index in [1.165, 1.54) is 115 Å². The highest BCUT2D eigenvalue weighted by atomic mass is 15.2. The van der Waals surface area contributed by atoms with Crippen LogP contribution in [0, 0.1) is 0 Å². The second-order valence-electron chi connectivity index (χ2n) is 28.6. The smallest absolute Gasteiger partial charge is 0.234 e. The Balaban J connectivity index is 0.000000141. The van der Waals surface area contributed by atoms with E-state index in [-0.39, 0.29) is 0 Å². The molecular formula is C104H68N8. The highest BCUT2D eigenvalue weighted by Crippen LogP contribution is 2.42. The molecule has 524 valence electrons. The molecule has 22 aromatic rings. The summed E-state index contributed by atoms with van der Waals surface area (Å²) in [6, 6.07) is 139. The number of hydrogen-bond acceptors (Lipinski definition) is 4. The predicted molar refractivity (Wildman–Crippen MR) is 465 cm³/mol. The fourth-order valence-corrected chi connectivity index (χ4v) is 16.7. The highest BCUT2D eigenvalue weighted by Gasteiger charge is 2.21. The van der Waals surface area contributed by atoms with Crippen molar-refractivity contribution < 1.29 is 0 Å². The maximum Gasteiger partial charge on any atom is 0.234 e. The summed E-state index contributed by atoms with van der Waals surface area (Å²) in [4.78, 5) is 19.9. The minimum absolute atomic E-state index is 0.645. The van der Waals surface area contributed by atoms with Gasteiger partial charge >= 0.3 is 0 Å². The Hall–Kier alpha value is -15.1. The van der Waals surface area contributed by atoms with E-state index in [0.29, 0.717) is 11.9 Å². The summed E-state index contributed by atoms with van der Waals surface area (Å²) < 4.78 is 9.11. The predicted octanol–water partition coefficient (Wildman–Crippen LogP) is 26.7. The minimum atomic E-state index is 0.645. The number of rotatable bonds is 12. The average Bonchev–Trinajstić information content (AvgIpc) is 1.59. The zero-order valence-electron chi connectivity index (χ0n) is 60.8. The molecule has 0 atom stereocenters. The van der Waals surface area contributed by atoms with Gasteiger partial charge in [0, 0.05) is 90.4 Å². The SMILES string of the molecule is c1ccc(-c2ccc(-c3ccccc3-c3cnc(-n4c5ccccc5c5cc(-c6ccc7c8ccccc8n(-c8ccccc8)c7c6)ccc54)nc3)cc2)cc1.c1ccc(-c2cccc(-c3ccc(-c4cnc(-n5c6ccccc6c6cc(-c7ccc8c9ccccc9n(-c9ccccc9)c8c7)ccc65)nc4)cc3)c2)cc1. The van der Waals surface area contributed by atoms with Gasteiger partial charge in [-0.05, 0) is 169 Å². The maximum atomic E-state index is 5.01. The molecule has 8 nitrogen and oxygen atoms in total. The third-order valence-corrected chi connectivity index (χ3v) is 22.1. The quantitative estimate of drug-likeness (QED) is 0.122. The van der Waals surface area contributed by atoms with E-state index in [9.17, 15) is 0 Å². The molecule has 0 aliphatic rings. The lowest BCUT2D eigenvalue weighted by molar-refractivity contribution is 0.990. The molecular weight excluding hydrogens is 1360 g/mol. The van der Waals surface area contributed by atoms with Crippen LogP contribution < -0.4 is 0 Å². The van der Waals surface area contributed by atoms with Gasteiger partial charge in [-0.25, -0.2) is 19.9 Å². The van der Waals surface area contributed by atoms with Gasteiger partial charge in [-0.2, -0.15) is 0 Å². The molecule has 0 spiro atoms. The van der Waals surface area contributed by atoms with Crippen LogP contribution in [0.3, 0.4) is 0 Å². The van der Waals surface area contributed by atoms with Gasteiger partial charge in [-0.3, -0.25) is 9.13 Å². The van der Waals surface area contributed by atoms with Crippen molar-refractivity contribution in [3.8, 4) is 112 Å². The lowest BCUT2D eigenvalue weighted by atomic mass is 9.94. The Morgan fingerprint density at radius 3 is 0.857 bits per heavy atom. The Morgan fingerprint density at radius 1 is 0.143 bits per heavy atom. The molecule has 0 fully saturated rings. The van der Waals surface area contributed by atoms with E-state index in [1.54, 1.807) is 0 Å². The lowest BCUT2D eigenvalue weighted by Gasteiger charge is -2.12. The van der Waals surface area contributed by atoms with Crippen LogP contribution in [-0.2, 0) is 0 Å². The molecule has 0 aliphatic heterocycles. The van der Waals surface area contributed by atoms with Crippen LogP contribution in [0.5, 0.6) is 0 Å². The molecule has 0 aliphatic carbocycles. The van der Waals surface area contributed by atoms with Crippen LogP contribution in [0.1, 0.15) is 0 Å². The van der Waals surface area contributed by atoms with E-state index in [1.807, 2.05) is 30.9 Å².